The molecule has 11 heteroatoms. The molecule has 0 saturated heterocycles. The van der Waals surface area contributed by atoms with Gasteiger partial charge in [-0.1, -0.05) is 0 Å². The molecule has 0 aliphatic carbocycles. The molecule has 0 aromatic carbocycles. The molecule has 0 bridgehead atoms. The maximum atomic E-state index is 12.9. The molecule has 0 saturated carbocycles. The van der Waals surface area contributed by atoms with Crippen molar-refractivity contribution in [3.63, 3.8) is 0 Å². The maximum Gasteiger partial charge on any atom is 0.431 e. The maximum absolute atomic E-state index is 12.9. The Hall–Kier alpha value is -2.50. The first-order valence-electron chi connectivity index (χ1n) is 7.77. The lowest BCUT2D eigenvalue weighted by atomic mass is 10.1. The Labute approximate surface area is 152 Å². The van der Waals surface area contributed by atoms with Gasteiger partial charge in [0.15, 0.2) is 5.03 Å². The zero-order valence-corrected chi connectivity index (χ0v) is 14.8. The molecule has 0 aliphatic rings. The molecular weight excluding hydrogens is 385 g/mol. The van der Waals surface area contributed by atoms with Crippen LogP contribution in [0.2, 0.25) is 0 Å². The number of hydrogen-bond donors (Lipinski definition) is 3. The number of H-pyrrole nitrogens is 1. The van der Waals surface area contributed by atoms with Gasteiger partial charge in [-0.3, -0.25) is 0 Å². The van der Waals surface area contributed by atoms with E-state index in [0.717, 1.165) is 6.07 Å². The van der Waals surface area contributed by atoms with Crippen molar-refractivity contribution in [2.24, 2.45) is 0 Å². The average Bonchev–Trinajstić information content (AvgIpc) is 3.05. The number of halogens is 3. The predicted octanol–water partition coefficient (Wildman–Crippen LogP) is 2.30. The second-order valence-electron chi connectivity index (χ2n) is 5.89. The van der Waals surface area contributed by atoms with E-state index in [2.05, 4.69) is 19.7 Å². The number of hydrogen-bond acceptors (Lipinski definition) is 5. The molecule has 3 N–H and O–H groups in total. The van der Waals surface area contributed by atoms with Crippen LogP contribution >= 0.6 is 0 Å². The van der Waals surface area contributed by atoms with Crippen molar-refractivity contribution >= 4 is 21.1 Å². The fraction of sp³-hybridized carbons (Fsp3) is 0.250. The lowest BCUT2D eigenvalue weighted by molar-refractivity contribution is -0.140. The highest BCUT2D eigenvalue weighted by atomic mass is 32.2. The van der Waals surface area contributed by atoms with Crippen LogP contribution in [0.4, 0.5) is 13.2 Å². The fourth-order valence-corrected chi connectivity index (χ4v) is 3.48. The fourth-order valence-electron chi connectivity index (χ4n) is 2.43. The Kier molecular flexibility index (Phi) is 4.93. The highest BCUT2D eigenvalue weighted by Gasteiger charge is 2.33. The third-order valence-corrected chi connectivity index (χ3v) is 5.07. The van der Waals surface area contributed by atoms with Crippen molar-refractivity contribution in [3.8, 4) is 11.1 Å². The number of alkyl halides is 3. The van der Waals surface area contributed by atoms with Gasteiger partial charge < -0.3 is 10.1 Å². The number of nitrogens with one attached hydrogen (secondary N) is 2. The monoisotopic (exact) mass is 400 g/mol. The first kappa shape index (κ1) is 19.3. The molecule has 0 fully saturated rings. The minimum absolute atomic E-state index is 0.0649. The van der Waals surface area contributed by atoms with Crippen molar-refractivity contribution in [2.45, 2.75) is 24.2 Å². The molecule has 1 unspecified atom stereocenters. The number of sulfonamides is 1. The lowest BCUT2D eigenvalue weighted by Crippen LogP contribution is -2.31. The Morgan fingerprint density at radius 1 is 1.26 bits per heavy atom. The summed E-state index contributed by atoms with van der Waals surface area (Å²) in [5.74, 6) is 0. The summed E-state index contributed by atoms with van der Waals surface area (Å²) in [5, 5.41) is 9.16. The Bertz CT molecular complexity index is 1060. The zero-order chi connectivity index (χ0) is 19.8. The van der Waals surface area contributed by atoms with Crippen molar-refractivity contribution in [1.29, 1.82) is 0 Å². The number of nitrogens with zero attached hydrogens (tertiary/aromatic N) is 2. The molecule has 27 heavy (non-hydrogen) atoms. The molecule has 3 aromatic rings. The first-order valence-corrected chi connectivity index (χ1v) is 9.25. The van der Waals surface area contributed by atoms with Gasteiger partial charge in [0, 0.05) is 29.9 Å². The molecule has 3 aromatic heterocycles. The second-order valence-corrected chi connectivity index (χ2v) is 7.60. The van der Waals surface area contributed by atoms with Gasteiger partial charge in [0.1, 0.15) is 11.3 Å². The number of pyridine rings is 2. The van der Waals surface area contributed by atoms with Crippen LogP contribution in [0.25, 0.3) is 22.2 Å². The summed E-state index contributed by atoms with van der Waals surface area (Å²) in [6, 6.07) is 5.15. The Morgan fingerprint density at radius 2 is 2.00 bits per heavy atom. The van der Waals surface area contributed by atoms with Crippen LogP contribution in [0.3, 0.4) is 0 Å². The van der Waals surface area contributed by atoms with Gasteiger partial charge in [-0.05, 0) is 36.8 Å². The van der Waals surface area contributed by atoms with Gasteiger partial charge in [0.05, 0.1) is 6.10 Å². The van der Waals surface area contributed by atoms with E-state index in [4.69, 9.17) is 0 Å². The van der Waals surface area contributed by atoms with E-state index in [-0.39, 0.29) is 22.6 Å². The third kappa shape index (κ3) is 4.10. The minimum atomic E-state index is -4.54. The number of aliphatic hydroxyl groups is 1. The topological polar surface area (TPSA) is 108 Å². The SMILES string of the molecule is CC(O)CNS(=O)(=O)c1ccc(-c2ccnc3[nH]c(C(F)(F)F)cc23)cn1. The van der Waals surface area contributed by atoms with E-state index in [9.17, 15) is 26.7 Å². The van der Waals surface area contributed by atoms with Crippen molar-refractivity contribution in [2.75, 3.05) is 6.54 Å². The molecule has 1 atom stereocenters. The van der Waals surface area contributed by atoms with Crippen molar-refractivity contribution < 1.29 is 26.7 Å². The van der Waals surface area contributed by atoms with Gasteiger partial charge in [-0.15, -0.1) is 0 Å². The molecule has 3 rings (SSSR count). The van der Waals surface area contributed by atoms with E-state index in [1.54, 1.807) is 0 Å². The van der Waals surface area contributed by atoms with Crippen LogP contribution in [-0.2, 0) is 16.2 Å². The molecular formula is C16H15F3N4O3S. The van der Waals surface area contributed by atoms with Gasteiger partial charge in [0.2, 0.25) is 0 Å². The Balaban J connectivity index is 1.97. The number of aromatic amines is 1. The van der Waals surface area contributed by atoms with E-state index >= 15 is 0 Å². The number of rotatable bonds is 5. The van der Waals surface area contributed by atoms with Crippen LogP contribution in [-0.4, -0.2) is 41.1 Å². The number of aliphatic hydroxyl groups excluding tert-OH is 1. The van der Waals surface area contributed by atoms with E-state index in [0.29, 0.717) is 11.1 Å². The predicted molar refractivity (Wildman–Crippen MR) is 91.2 cm³/mol. The normalized spacial score (nSPS) is 13.8. The summed E-state index contributed by atoms with van der Waals surface area (Å²) in [6.45, 7) is 1.26. The largest absolute Gasteiger partial charge is 0.431 e. The van der Waals surface area contributed by atoms with E-state index in [1.807, 2.05) is 0 Å². The van der Waals surface area contributed by atoms with Gasteiger partial charge in [-0.25, -0.2) is 23.1 Å². The van der Waals surface area contributed by atoms with Crippen molar-refractivity contribution in [1.82, 2.24) is 19.7 Å². The highest BCUT2D eigenvalue weighted by molar-refractivity contribution is 7.89. The smallest absolute Gasteiger partial charge is 0.392 e. The van der Waals surface area contributed by atoms with E-state index in [1.165, 1.54) is 37.5 Å². The summed E-state index contributed by atoms with van der Waals surface area (Å²) in [5.41, 5.74) is 0.00629. The van der Waals surface area contributed by atoms with E-state index < -0.39 is 28.0 Å². The van der Waals surface area contributed by atoms with Crippen LogP contribution in [0.15, 0.2) is 41.7 Å². The third-order valence-electron chi connectivity index (χ3n) is 3.73. The molecule has 0 radical (unpaired) electrons. The summed E-state index contributed by atoms with van der Waals surface area (Å²) in [7, 11) is -3.90. The number of fused-ring (bicyclic) bond motifs is 1. The molecule has 7 nitrogen and oxygen atoms in total. The van der Waals surface area contributed by atoms with Crippen LogP contribution < -0.4 is 4.72 Å². The molecule has 3 heterocycles. The molecule has 144 valence electrons. The first-order chi connectivity index (χ1) is 12.6. The lowest BCUT2D eigenvalue weighted by Gasteiger charge is -2.08. The summed E-state index contributed by atoms with van der Waals surface area (Å²) in [6.07, 6.45) is -2.79. The molecule has 0 aliphatic heterocycles. The van der Waals surface area contributed by atoms with Crippen LogP contribution in [0.1, 0.15) is 12.6 Å². The Morgan fingerprint density at radius 3 is 2.59 bits per heavy atom. The van der Waals surface area contributed by atoms with Crippen LogP contribution in [0.5, 0.6) is 0 Å². The molecule has 0 spiro atoms. The molecule has 0 amide bonds. The summed E-state index contributed by atoms with van der Waals surface area (Å²) < 4.78 is 65.1. The zero-order valence-electron chi connectivity index (χ0n) is 13.9. The average molecular weight is 400 g/mol. The van der Waals surface area contributed by atoms with Gasteiger partial charge in [-0.2, -0.15) is 13.2 Å². The quantitative estimate of drug-likeness (QED) is 0.609. The highest BCUT2D eigenvalue weighted by Crippen LogP contribution is 2.34. The number of aromatic nitrogens is 3. The second kappa shape index (κ2) is 6.91. The van der Waals surface area contributed by atoms with Gasteiger partial charge >= 0.3 is 6.18 Å². The standard InChI is InChI=1S/C16H15F3N4O3S/c1-9(24)7-22-27(25,26)14-3-2-10(8-21-14)11-4-5-20-15-12(11)6-13(23-15)16(17,18)19/h2-6,8-9,22,24H,7H2,1H3,(H,20,23). The van der Waals surface area contributed by atoms with Gasteiger partial charge in [0.25, 0.3) is 10.0 Å². The summed E-state index contributed by atoms with van der Waals surface area (Å²) >= 11 is 0. The minimum Gasteiger partial charge on any atom is -0.392 e. The van der Waals surface area contributed by atoms with Crippen LogP contribution in [0, 0.1) is 0 Å². The van der Waals surface area contributed by atoms with Crippen molar-refractivity contribution in [3.05, 3.63) is 42.4 Å². The summed E-state index contributed by atoms with van der Waals surface area (Å²) in [4.78, 5) is 10.00.